The topological polar surface area (TPSA) is 55.8 Å². The molecule has 0 bridgehead atoms. The first kappa shape index (κ1) is 20.0. The van der Waals surface area contributed by atoms with Gasteiger partial charge in [0.15, 0.2) is 0 Å². The van der Waals surface area contributed by atoms with E-state index in [9.17, 15) is 9.90 Å². The fourth-order valence-corrected chi connectivity index (χ4v) is 3.39. The van der Waals surface area contributed by atoms with Crippen LogP contribution < -0.4 is 5.32 Å². The van der Waals surface area contributed by atoms with Gasteiger partial charge < -0.3 is 15.3 Å². The van der Waals surface area contributed by atoms with Gasteiger partial charge in [0.25, 0.3) is 0 Å². The molecule has 2 amide bonds. The Labute approximate surface area is 155 Å². The molecule has 0 aromatic heterocycles. The zero-order valence-corrected chi connectivity index (χ0v) is 16.2. The number of urea groups is 1. The second-order valence-corrected chi connectivity index (χ2v) is 7.99. The Morgan fingerprint density at radius 3 is 2.60 bits per heavy atom. The summed E-state index contributed by atoms with van der Waals surface area (Å²) in [6.45, 7) is 9.28. The lowest BCUT2D eigenvalue weighted by molar-refractivity contribution is 0.0119. The number of halogens is 1. The molecule has 0 radical (unpaired) electrons. The van der Waals surface area contributed by atoms with Crippen molar-refractivity contribution in [3.05, 3.63) is 34.9 Å². The van der Waals surface area contributed by atoms with Crippen LogP contribution in [0, 0.1) is 0 Å². The number of hydrogen-bond donors (Lipinski definition) is 2. The SMILES string of the molecule is CC1CN(CC(C)(C)O)CCN1C(=O)NCCCc1ccc(Cl)cc1. The number of nitrogens with one attached hydrogen (secondary N) is 1. The molecule has 1 aliphatic heterocycles. The van der Waals surface area contributed by atoms with Crippen LogP contribution in [0.5, 0.6) is 0 Å². The van der Waals surface area contributed by atoms with Crippen molar-refractivity contribution in [2.45, 2.75) is 45.3 Å². The van der Waals surface area contributed by atoms with E-state index in [0.29, 0.717) is 19.6 Å². The highest BCUT2D eigenvalue weighted by atomic mass is 35.5. The average Bonchev–Trinajstić information content (AvgIpc) is 2.51. The van der Waals surface area contributed by atoms with Crippen LogP contribution in [-0.2, 0) is 6.42 Å². The van der Waals surface area contributed by atoms with Gasteiger partial charge >= 0.3 is 6.03 Å². The fraction of sp³-hybridized carbons (Fsp3) is 0.632. The van der Waals surface area contributed by atoms with Crippen molar-refractivity contribution in [1.29, 1.82) is 0 Å². The van der Waals surface area contributed by atoms with Gasteiger partial charge in [0, 0.05) is 43.8 Å². The van der Waals surface area contributed by atoms with Crippen molar-refractivity contribution in [1.82, 2.24) is 15.1 Å². The van der Waals surface area contributed by atoms with Crippen LogP contribution in [0.4, 0.5) is 4.79 Å². The first-order chi connectivity index (χ1) is 11.7. The third kappa shape index (κ3) is 6.84. The third-order valence-electron chi connectivity index (χ3n) is 4.41. The van der Waals surface area contributed by atoms with Crippen LogP contribution in [-0.4, -0.2) is 65.3 Å². The van der Waals surface area contributed by atoms with E-state index < -0.39 is 5.60 Å². The van der Waals surface area contributed by atoms with E-state index in [1.807, 2.05) is 43.0 Å². The third-order valence-corrected chi connectivity index (χ3v) is 4.67. The quantitative estimate of drug-likeness (QED) is 0.760. The number of aryl methyl sites for hydroxylation is 1. The summed E-state index contributed by atoms with van der Waals surface area (Å²) in [5.41, 5.74) is 0.526. The predicted molar refractivity (Wildman–Crippen MR) is 102 cm³/mol. The van der Waals surface area contributed by atoms with Crippen molar-refractivity contribution >= 4 is 17.6 Å². The Bertz CT molecular complexity index is 557. The van der Waals surface area contributed by atoms with E-state index in [2.05, 4.69) is 17.1 Å². The molecule has 0 aliphatic carbocycles. The van der Waals surface area contributed by atoms with Gasteiger partial charge in [-0.2, -0.15) is 0 Å². The second-order valence-electron chi connectivity index (χ2n) is 7.55. The Morgan fingerprint density at radius 2 is 2.00 bits per heavy atom. The first-order valence-electron chi connectivity index (χ1n) is 8.98. The number of hydrogen-bond acceptors (Lipinski definition) is 3. The van der Waals surface area contributed by atoms with Crippen molar-refractivity contribution in [3.8, 4) is 0 Å². The van der Waals surface area contributed by atoms with E-state index in [4.69, 9.17) is 11.6 Å². The number of amides is 2. The lowest BCUT2D eigenvalue weighted by Crippen LogP contribution is -2.58. The number of carbonyl (C=O) groups excluding carboxylic acids is 1. The maximum absolute atomic E-state index is 12.4. The molecule has 0 saturated carbocycles. The van der Waals surface area contributed by atoms with E-state index >= 15 is 0 Å². The lowest BCUT2D eigenvalue weighted by atomic mass is 10.1. The summed E-state index contributed by atoms with van der Waals surface area (Å²) in [5, 5.41) is 13.7. The highest BCUT2D eigenvalue weighted by Gasteiger charge is 2.29. The molecule has 1 aromatic carbocycles. The Kier molecular flexibility index (Phi) is 7.11. The summed E-state index contributed by atoms with van der Waals surface area (Å²) in [6.07, 6.45) is 1.83. The van der Waals surface area contributed by atoms with Crippen molar-refractivity contribution in [2.75, 3.05) is 32.7 Å². The maximum atomic E-state index is 12.4. The molecule has 5 nitrogen and oxygen atoms in total. The normalized spacial score (nSPS) is 19.1. The highest BCUT2D eigenvalue weighted by Crippen LogP contribution is 2.14. The average molecular weight is 368 g/mol. The van der Waals surface area contributed by atoms with Crippen LogP contribution in [0.2, 0.25) is 5.02 Å². The van der Waals surface area contributed by atoms with Gasteiger partial charge in [0.2, 0.25) is 0 Å². The zero-order chi connectivity index (χ0) is 18.4. The van der Waals surface area contributed by atoms with Gasteiger partial charge in [-0.15, -0.1) is 0 Å². The standard InChI is InChI=1S/C19H30ClN3O2/c1-15-13-22(14-19(2,3)25)11-12-23(15)18(24)21-10-4-5-16-6-8-17(20)9-7-16/h6-9,15,25H,4-5,10-14H2,1-3H3,(H,21,24). The Hall–Kier alpha value is -1.30. The van der Waals surface area contributed by atoms with Gasteiger partial charge in [-0.25, -0.2) is 4.79 Å². The molecule has 1 aliphatic rings. The number of benzene rings is 1. The van der Waals surface area contributed by atoms with E-state index in [1.54, 1.807) is 0 Å². The summed E-state index contributed by atoms with van der Waals surface area (Å²) < 4.78 is 0. The van der Waals surface area contributed by atoms with Crippen molar-refractivity contribution in [2.24, 2.45) is 0 Å². The molecular weight excluding hydrogens is 338 g/mol. The van der Waals surface area contributed by atoms with Gasteiger partial charge in [-0.1, -0.05) is 23.7 Å². The molecule has 1 atom stereocenters. The molecule has 2 N–H and O–H groups in total. The van der Waals surface area contributed by atoms with E-state index in [1.165, 1.54) is 5.56 Å². The van der Waals surface area contributed by atoms with Gasteiger partial charge in [0.1, 0.15) is 0 Å². The summed E-state index contributed by atoms with van der Waals surface area (Å²) in [4.78, 5) is 16.5. The summed E-state index contributed by atoms with van der Waals surface area (Å²) >= 11 is 5.88. The second kappa shape index (κ2) is 8.88. The molecule has 1 aromatic rings. The highest BCUT2D eigenvalue weighted by molar-refractivity contribution is 6.30. The number of aliphatic hydroxyl groups is 1. The number of carbonyl (C=O) groups is 1. The predicted octanol–water partition coefficient (Wildman–Crippen LogP) is 2.76. The van der Waals surface area contributed by atoms with Crippen LogP contribution in [0.3, 0.4) is 0 Å². The van der Waals surface area contributed by atoms with Crippen LogP contribution >= 0.6 is 11.6 Å². The van der Waals surface area contributed by atoms with Gasteiger partial charge in [-0.3, -0.25) is 4.90 Å². The van der Waals surface area contributed by atoms with Crippen molar-refractivity contribution in [3.63, 3.8) is 0 Å². The van der Waals surface area contributed by atoms with E-state index in [-0.39, 0.29) is 12.1 Å². The molecule has 140 valence electrons. The molecule has 6 heteroatoms. The number of rotatable bonds is 6. The monoisotopic (exact) mass is 367 g/mol. The van der Waals surface area contributed by atoms with Crippen LogP contribution in [0.25, 0.3) is 0 Å². The minimum atomic E-state index is -0.703. The molecular formula is C19H30ClN3O2. The lowest BCUT2D eigenvalue weighted by Gasteiger charge is -2.41. The molecule has 1 fully saturated rings. The smallest absolute Gasteiger partial charge is 0.317 e. The summed E-state index contributed by atoms with van der Waals surface area (Å²) in [5.74, 6) is 0. The Balaban J connectivity index is 1.69. The van der Waals surface area contributed by atoms with Crippen molar-refractivity contribution < 1.29 is 9.90 Å². The van der Waals surface area contributed by atoms with Gasteiger partial charge in [-0.05, 0) is 51.3 Å². The maximum Gasteiger partial charge on any atom is 0.317 e. The molecule has 2 rings (SSSR count). The minimum absolute atomic E-state index is 0.00603. The van der Waals surface area contributed by atoms with Gasteiger partial charge in [0.05, 0.1) is 5.60 Å². The Morgan fingerprint density at radius 1 is 1.32 bits per heavy atom. The molecule has 1 saturated heterocycles. The minimum Gasteiger partial charge on any atom is -0.389 e. The molecule has 0 spiro atoms. The zero-order valence-electron chi connectivity index (χ0n) is 15.5. The summed E-state index contributed by atoms with van der Waals surface area (Å²) in [6, 6.07) is 7.98. The molecule has 1 unspecified atom stereocenters. The largest absolute Gasteiger partial charge is 0.389 e. The van der Waals surface area contributed by atoms with Crippen LogP contribution in [0.1, 0.15) is 32.8 Å². The van der Waals surface area contributed by atoms with Crippen LogP contribution in [0.15, 0.2) is 24.3 Å². The summed E-state index contributed by atoms with van der Waals surface area (Å²) in [7, 11) is 0. The number of piperazine rings is 1. The number of β-amino-alcohol motifs (C(OH)–C–C–N with tert-alkyl or cyclic N) is 1. The molecule has 1 heterocycles. The fourth-order valence-electron chi connectivity index (χ4n) is 3.27. The molecule has 25 heavy (non-hydrogen) atoms. The first-order valence-corrected chi connectivity index (χ1v) is 9.36. The number of nitrogens with zero attached hydrogens (tertiary/aromatic N) is 2. The van der Waals surface area contributed by atoms with E-state index in [0.717, 1.165) is 31.0 Å².